The van der Waals surface area contributed by atoms with Crippen LogP contribution in [-0.2, 0) is 6.42 Å². The molecule has 0 bridgehead atoms. The van der Waals surface area contributed by atoms with Crippen LogP contribution in [0.5, 0.6) is 0 Å². The van der Waals surface area contributed by atoms with E-state index in [1.165, 1.54) is 22.3 Å². The van der Waals surface area contributed by atoms with Gasteiger partial charge in [0.05, 0.1) is 0 Å². The van der Waals surface area contributed by atoms with Gasteiger partial charge in [0.2, 0.25) is 0 Å². The smallest absolute Gasteiger partial charge is 0.0324 e. The summed E-state index contributed by atoms with van der Waals surface area (Å²) in [5, 5.41) is 0. The second kappa shape index (κ2) is 6.03. The maximum Gasteiger partial charge on any atom is 0.0324 e. The van der Waals surface area contributed by atoms with Crippen LogP contribution < -0.4 is 5.73 Å². The van der Waals surface area contributed by atoms with E-state index in [1.807, 2.05) is 6.07 Å². The van der Waals surface area contributed by atoms with Crippen molar-refractivity contribution in [1.82, 2.24) is 0 Å². The van der Waals surface area contributed by atoms with Gasteiger partial charge >= 0.3 is 0 Å². The third-order valence-corrected chi connectivity index (χ3v) is 3.84. The average Bonchev–Trinajstić information content (AvgIpc) is 2.43. The van der Waals surface area contributed by atoms with E-state index in [4.69, 9.17) is 5.73 Å². The number of benzene rings is 2. The molecule has 0 aliphatic carbocycles. The highest BCUT2D eigenvalue weighted by Crippen LogP contribution is 2.24. The minimum Gasteiger partial charge on any atom is -0.324 e. The maximum atomic E-state index is 6.37. The zero-order valence-corrected chi connectivity index (χ0v) is 12.1. The summed E-state index contributed by atoms with van der Waals surface area (Å²) in [7, 11) is 0. The van der Waals surface area contributed by atoms with Gasteiger partial charge in [-0.15, -0.1) is 0 Å². The first kappa shape index (κ1) is 13.8. The largest absolute Gasteiger partial charge is 0.324 e. The zero-order chi connectivity index (χ0) is 13.8. The van der Waals surface area contributed by atoms with E-state index in [-0.39, 0.29) is 6.04 Å². The Balaban J connectivity index is 2.12. The highest BCUT2D eigenvalue weighted by atomic mass is 14.6. The molecule has 0 aliphatic rings. The molecule has 0 amide bonds. The highest BCUT2D eigenvalue weighted by Gasteiger charge is 2.16. The Bertz CT molecular complexity index is 531. The molecule has 19 heavy (non-hydrogen) atoms. The average molecular weight is 253 g/mol. The summed E-state index contributed by atoms with van der Waals surface area (Å²) in [6.45, 7) is 6.56. The monoisotopic (exact) mass is 253 g/mol. The molecule has 0 radical (unpaired) electrons. The predicted molar refractivity (Wildman–Crippen MR) is 82.2 cm³/mol. The summed E-state index contributed by atoms with van der Waals surface area (Å²) in [6.07, 6.45) is 1.03. The van der Waals surface area contributed by atoms with E-state index in [9.17, 15) is 0 Å². The van der Waals surface area contributed by atoms with E-state index in [1.54, 1.807) is 0 Å². The lowest BCUT2D eigenvalue weighted by atomic mass is 9.88. The maximum absolute atomic E-state index is 6.37. The van der Waals surface area contributed by atoms with Crippen LogP contribution in [0, 0.1) is 19.8 Å². The summed E-state index contributed by atoms with van der Waals surface area (Å²) in [5.41, 5.74) is 11.7. The molecule has 1 nitrogen and oxygen atoms in total. The Morgan fingerprint density at radius 3 is 2.37 bits per heavy atom. The van der Waals surface area contributed by atoms with E-state index in [0.717, 1.165) is 6.42 Å². The van der Waals surface area contributed by atoms with Gasteiger partial charge in [-0.05, 0) is 42.9 Å². The quantitative estimate of drug-likeness (QED) is 0.869. The third kappa shape index (κ3) is 3.45. The summed E-state index contributed by atoms with van der Waals surface area (Å²) in [5.74, 6) is 0.433. The Labute approximate surface area is 116 Å². The second-order valence-corrected chi connectivity index (χ2v) is 5.55. The number of hydrogen-bond donors (Lipinski definition) is 1. The normalized spacial score (nSPS) is 14.1. The van der Waals surface area contributed by atoms with Gasteiger partial charge in [-0.3, -0.25) is 0 Å². The lowest BCUT2D eigenvalue weighted by Gasteiger charge is -2.21. The summed E-state index contributed by atoms with van der Waals surface area (Å²) in [6, 6.07) is 17.1. The van der Waals surface area contributed by atoms with Crippen molar-refractivity contribution in [2.45, 2.75) is 33.2 Å². The van der Waals surface area contributed by atoms with Gasteiger partial charge in [0.15, 0.2) is 0 Å². The molecule has 100 valence electrons. The summed E-state index contributed by atoms with van der Waals surface area (Å²) < 4.78 is 0. The Kier molecular flexibility index (Phi) is 4.39. The van der Waals surface area contributed by atoms with Gasteiger partial charge in [0, 0.05) is 6.04 Å². The Morgan fingerprint density at radius 2 is 1.68 bits per heavy atom. The van der Waals surface area contributed by atoms with Crippen molar-refractivity contribution < 1.29 is 0 Å². The highest BCUT2D eigenvalue weighted by molar-refractivity contribution is 5.31. The molecular formula is C18H23N. The standard InChI is InChI=1S/C18H23N/c1-13-9-10-14(2)17(11-13)12-15(3)18(19)16-7-5-4-6-8-16/h4-11,15,18H,12,19H2,1-3H3. The SMILES string of the molecule is Cc1ccc(C)c(CC(C)C(N)c2ccccc2)c1. The summed E-state index contributed by atoms with van der Waals surface area (Å²) >= 11 is 0. The van der Waals surface area contributed by atoms with Crippen LogP contribution >= 0.6 is 0 Å². The second-order valence-electron chi connectivity index (χ2n) is 5.55. The fourth-order valence-corrected chi connectivity index (χ4v) is 2.50. The van der Waals surface area contributed by atoms with Gasteiger partial charge in [-0.1, -0.05) is 61.0 Å². The van der Waals surface area contributed by atoms with Gasteiger partial charge in [0.25, 0.3) is 0 Å². The molecule has 0 heterocycles. The molecule has 0 saturated carbocycles. The molecule has 0 fully saturated rings. The molecule has 2 atom stereocenters. The van der Waals surface area contributed by atoms with Gasteiger partial charge in [-0.25, -0.2) is 0 Å². The fraction of sp³-hybridized carbons (Fsp3) is 0.333. The van der Waals surface area contributed by atoms with E-state index < -0.39 is 0 Å². The van der Waals surface area contributed by atoms with Gasteiger partial charge in [0.1, 0.15) is 0 Å². The molecule has 2 N–H and O–H groups in total. The van der Waals surface area contributed by atoms with Crippen molar-refractivity contribution >= 4 is 0 Å². The van der Waals surface area contributed by atoms with Crippen LogP contribution in [0.25, 0.3) is 0 Å². The van der Waals surface area contributed by atoms with Crippen LogP contribution in [0.2, 0.25) is 0 Å². The number of rotatable bonds is 4. The Hall–Kier alpha value is -1.60. The van der Waals surface area contributed by atoms with Crippen molar-refractivity contribution in [2.75, 3.05) is 0 Å². The van der Waals surface area contributed by atoms with Crippen LogP contribution in [-0.4, -0.2) is 0 Å². The van der Waals surface area contributed by atoms with Crippen molar-refractivity contribution in [2.24, 2.45) is 11.7 Å². The summed E-state index contributed by atoms with van der Waals surface area (Å²) in [4.78, 5) is 0. The van der Waals surface area contributed by atoms with Crippen molar-refractivity contribution in [3.05, 3.63) is 70.8 Å². The first-order valence-electron chi connectivity index (χ1n) is 6.94. The van der Waals surface area contributed by atoms with Crippen molar-refractivity contribution in [1.29, 1.82) is 0 Å². The Morgan fingerprint density at radius 1 is 1.00 bits per heavy atom. The third-order valence-electron chi connectivity index (χ3n) is 3.84. The van der Waals surface area contributed by atoms with E-state index in [2.05, 4.69) is 63.2 Å². The zero-order valence-electron chi connectivity index (χ0n) is 12.1. The van der Waals surface area contributed by atoms with Crippen LogP contribution in [0.15, 0.2) is 48.5 Å². The number of hydrogen-bond acceptors (Lipinski definition) is 1. The van der Waals surface area contributed by atoms with E-state index in [0.29, 0.717) is 5.92 Å². The molecule has 2 unspecified atom stereocenters. The van der Waals surface area contributed by atoms with Crippen LogP contribution in [0.1, 0.15) is 35.2 Å². The van der Waals surface area contributed by atoms with Crippen LogP contribution in [0.3, 0.4) is 0 Å². The van der Waals surface area contributed by atoms with Crippen molar-refractivity contribution in [3.63, 3.8) is 0 Å². The molecule has 0 aliphatic heterocycles. The molecule has 2 rings (SSSR count). The number of nitrogens with two attached hydrogens (primary N) is 1. The molecule has 0 spiro atoms. The minimum absolute atomic E-state index is 0.0983. The minimum atomic E-state index is 0.0983. The number of aryl methyl sites for hydroxylation is 2. The lowest BCUT2D eigenvalue weighted by Crippen LogP contribution is -2.21. The van der Waals surface area contributed by atoms with Crippen LogP contribution in [0.4, 0.5) is 0 Å². The molecular weight excluding hydrogens is 230 g/mol. The molecule has 0 aromatic heterocycles. The first-order valence-corrected chi connectivity index (χ1v) is 6.94. The van der Waals surface area contributed by atoms with Crippen molar-refractivity contribution in [3.8, 4) is 0 Å². The molecule has 1 heteroatoms. The van der Waals surface area contributed by atoms with Gasteiger partial charge < -0.3 is 5.73 Å². The van der Waals surface area contributed by atoms with Gasteiger partial charge in [-0.2, -0.15) is 0 Å². The first-order chi connectivity index (χ1) is 9.08. The predicted octanol–water partition coefficient (Wildman–Crippen LogP) is 4.18. The topological polar surface area (TPSA) is 26.0 Å². The lowest BCUT2D eigenvalue weighted by molar-refractivity contribution is 0.467. The molecule has 2 aromatic rings. The molecule has 0 saturated heterocycles. The van der Waals surface area contributed by atoms with E-state index >= 15 is 0 Å². The molecule has 2 aromatic carbocycles. The fourth-order valence-electron chi connectivity index (χ4n) is 2.50.